The van der Waals surface area contributed by atoms with Crippen molar-refractivity contribution in [3.63, 3.8) is 0 Å². The van der Waals surface area contributed by atoms with Gasteiger partial charge in [-0.3, -0.25) is 4.68 Å². The monoisotopic (exact) mass is 229 g/mol. The first kappa shape index (κ1) is 10.4. The Kier molecular flexibility index (Phi) is 2.37. The number of rotatable bonds is 2. The molecule has 1 unspecified atom stereocenters. The number of aryl methyl sites for hydroxylation is 1. The molecule has 2 heterocycles. The van der Waals surface area contributed by atoms with E-state index >= 15 is 0 Å². The van der Waals surface area contributed by atoms with Crippen LogP contribution in [0, 0.1) is 0 Å². The van der Waals surface area contributed by atoms with Crippen LogP contribution in [0.1, 0.15) is 22.9 Å². The Morgan fingerprint density at radius 3 is 3.06 bits per heavy atom. The molecular weight excluding hydrogens is 214 g/mol. The fourth-order valence-corrected chi connectivity index (χ4v) is 2.24. The average molecular weight is 229 g/mol. The van der Waals surface area contributed by atoms with Crippen LogP contribution in [0.25, 0.3) is 0 Å². The van der Waals surface area contributed by atoms with Crippen molar-refractivity contribution in [3.05, 3.63) is 47.3 Å². The molecule has 0 radical (unpaired) electrons. The second-order valence-electron chi connectivity index (χ2n) is 4.33. The van der Waals surface area contributed by atoms with Gasteiger partial charge in [-0.25, -0.2) is 0 Å². The summed E-state index contributed by atoms with van der Waals surface area (Å²) in [7, 11) is 1.89. The summed E-state index contributed by atoms with van der Waals surface area (Å²) in [6.45, 7) is 0.751. The Hall–Kier alpha value is -1.81. The Bertz CT molecular complexity index is 547. The van der Waals surface area contributed by atoms with Crippen molar-refractivity contribution in [3.8, 4) is 5.75 Å². The Labute approximate surface area is 100 Å². The van der Waals surface area contributed by atoms with Gasteiger partial charge in [-0.1, -0.05) is 18.2 Å². The van der Waals surface area contributed by atoms with E-state index in [2.05, 4.69) is 11.2 Å². The molecule has 2 N–H and O–H groups in total. The molecule has 0 fully saturated rings. The van der Waals surface area contributed by atoms with Crippen molar-refractivity contribution in [2.24, 2.45) is 12.8 Å². The standard InChI is InChI=1S/C13H15N3O/c1-16-7-5-11(15-16)12(14)10-4-2-3-9-6-8-17-13(9)10/h2-5,7,12H,6,8,14H2,1H3. The van der Waals surface area contributed by atoms with E-state index in [4.69, 9.17) is 10.5 Å². The molecule has 4 nitrogen and oxygen atoms in total. The average Bonchev–Trinajstić information content (AvgIpc) is 2.95. The zero-order valence-electron chi connectivity index (χ0n) is 9.76. The molecule has 2 aromatic rings. The lowest BCUT2D eigenvalue weighted by Gasteiger charge is -2.13. The number of nitrogens with two attached hydrogens (primary N) is 1. The summed E-state index contributed by atoms with van der Waals surface area (Å²) in [4.78, 5) is 0. The van der Waals surface area contributed by atoms with Gasteiger partial charge in [0.15, 0.2) is 0 Å². The van der Waals surface area contributed by atoms with E-state index in [0.29, 0.717) is 0 Å². The fraction of sp³-hybridized carbons (Fsp3) is 0.308. The number of benzene rings is 1. The predicted molar refractivity (Wildman–Crippen MR) is 64.9 cm³/mol. The molecule has 88 valence electrons. The van der Waals surface area contributed by atoms with Crippen molar-refractivity contribution in [1.82, 2.24) is 9.78 Å². The number of fused-ring (bicyclic) bond motifs is 1. The van der Waals surface area contributed by atoms with Gasteiger partial charge in [0.2, 0.25) is 0 Å². The summed E-state index contributed by atoms with van der Waals surface area (Å²) >= 11 is 0. The van der Waals surface area contributed by atoms with Crippen LogP contribution in [0.3, 0.4) is 0 Å². The third-order valence-corrected chi connectivity index (χ3v) is 3.13. The minimum absolute atomic E-state index is 0.218. The Morgan fingerprint density at radius 1 is 1.41 bits per heavy atom. The highest BCUT2D eigenvalue weighted by Crippen LogP contribution is 2.34. The largest absolute Gasteiger partial charge is 0.493 e. The number of nitrogens with zero attached hydrogens (tertiary/aromatic N) is 2. The first-order chi connectivity index (χ1) is 8.25. The predicted octanol–water partition coefficient (Wildman–Crippen LogP) is 1.40. The van der Waals surface area contributed by atoms with Crippen molar-refractivity contribution in [2.75, 3.05) is 6.61 Å². The van der Waals surface area contributed by atoms with E-state index in [1.807, 2.05) is 31.4 Å². The molecule has 1 atom stereocenters. The number of hydrogen-bond acceptors (Lipinski definition) is 3. The number of ether oxygens (including phenoxy) is 1. The molecule has 1 aromatic heterocycles. The Balaban J connectivity index is 2.02. The summed E-state index contributed by atoms with van der Waals surface area (Å²) < 4.78 is 7.43. The van der Waals surface area contributed by atoms with Crippen molar-refractivity contribution >= 4 is 0 Å². The van der Waals surface area contributed by atoms with Gasteiger partial charge < -0.3 is 10.5 Å². The molecule has 17 heavy (non-hydrogen) atoms. The van der Waals surface area contributed by atoms with Crippen molar-refractivity contribution in [1.29, 1.82) is 0 Å². The smallest absolute Gasteiger partial charge is 0.127 e. The Morgan fingerprint density at radius 2 is 2.29 bits per heavy atom. The molecule has 0 bridgehead atoms. The topological polar surface area (TPSA) is 53.1 Å². The summed E-state index contributed by atoms with van der Waals surface area (Å²) in [5.41, 5.74) is 9.39. The van der Waals surface area contributed by atoms with Crippen LogP contribution in [-0.2, 0) is 13.5 Å². The molecule has 1 aliphatic rings. The summed E-state index contributed by atoms with van der Waals surface area (Å²) in [6.07, 6.45) is 2.87. The summed E-state index contributed by atoms with van der Waals surface area (Å²) in [6, 6.07) is 7.87. The molecule has 0 aliphatic carbocycles. The zero-order valence-corrected chi connectivity index (χ0v) is 9.76. The van der Waals surface area contributed by atoms with Crippen LogP contribution >= 0.6 is 0 Å². The number of para-hydroxylation sites is 1. The molecule has 4 heteroatoms. The van der Waals surface area contributed by atoms with E-state index in [1.54, 1.807) is 4.68 Å². The minimum Gasteiger partial charge on any atom is -0.493 e. The molecule has 0 saturated carbocycles. The van der Waals surface area contributed by atoms with Gasteiger partial charge in [-0.2, -0.15) is 5.10 Å². The first-order valence-electron chi connectivity index (χ1n) is 5.75. The summed E-state index contributed by atoms with van der Waals surface area (Å²) in [5.74, 6) is 0.950. The van der Waals surface area contributed by atoms with Crippen LogP contribution in [0.2, 0.25) is 0 Å². The van der Waals surface area contributed by atoms with Gasteiger partial charge in [0.1, 0.15) is 5.75 Å². The van der Waals surface area contributed by atoms with Gasteiger partial charge in [0.05, 0.1) is 18.3 Å². The highest BCUT2D eigenvalue weighted by atomic mass is 16.5. The van der Waals surface area contributed by atoms with Crippen LogP contribution in [0.15, 0.2) is 30.5 Å². The maximum absolute atomic E-state index is 6.25. The van der Waals surface area contributed by atoms with Gasteiger partial charge >= 0.3 is 0 Å². The summed E-state index contributed by atoms with van der Waals surface area (Å²) in [5, 5.41) is 4.35. The van der Waals surface area contributed by atoms with Gasteiger partial charge in [0, 0.05) is 25.2 Å². The van der Waals surface area contributed by atoms with Gasteiger partial charge in [-0.15, -0.1) is 0 Å². The maximum atomic E-state index is 6.25. The maximum Gasteiger partial charge on any atom is 0.127 e. The number of hydrogen-bond donors (Lipinski definition) is 1. The van der Waals surface area contributed by atoms with Gasteiger partial charge in [-0.05, 0) is 11.6 Å². The van der Waals surface area contributed by atoms with E-state index in [0.717, 1.165) is 30.0 Å². The minimum atomic E-state index is -0.218. The van der Waals surface area contributed by atoms with Crippen molar-refractivity contribution < 1.29 is 4.74 Å². The second-order valence-corrected chi connectivity index (χ2v) is 4.33. The molecule has 0 spiro atoms. The lowest BCUT2D eigenvalue weighted by molar-refractivity contribution is 0.352. The first-order valence-corrected chi connectivity index (χ1v) is 5.75. The molecule has 0 saturated heterocycles. The second kappa shape index (κ2) is 3.89. The lowest BCUT2D eigenvalue weighted by atomic mass is 10.0. The SMILES string of the molecule is Cn1ccc(C(N)c2cccc3c2OCC3)n1. The third-order valence-electron chi connectivity index (χ3n) is 3.13. The fourth-order valence-electron chi connectivity index (χ4n) is 2.24. The normalized spacial score (nSPS) is 15.4. The molecule has 3 rings (SSSR count). The highest BCUT2D eigenvalue weighted by molar-refractivity contribution is 5.47. The van der Waals surface area contributed by atoms with E-state index in [1.165, 1.54) is 5.56 Å². The van der Waals surface area contributed by atoms with Crippen LogP contribution < -0.4 is 10.5 Å². The molecule has 1 aliphatic heterocycles. The van der Waals surface area contributed by atoms with Crippen LogP contribution in [0.5, 0.6) is 5.75 Å². The molecular formula is C13H15N3O. The van der Waals surface area contributed by atoms with E-state index in [9.17, 15) is 0 Å². The third kappa shape index (κ3) is 1.70. The van der Waals surface area contributed by atoms with E-state index < -0.39 is 0 Å². The highest BCUT2D eigenvalue weighted by Gasteiger charge is 2.21. The van der Waals surface area contributed by atoms with E-state index in [-0.39, 0.29) is 6.04 Å². The lowest BCUT2D eigenvalue weighted by Crippen LogP contribution is -2.14. The van der Waals surface area contributed by atoms with Crippen LogP contribution in [-0.4, -0.2) is 16.4 Å². The molecule has 0 amide bonds. The molecule has 1 aromatic carbocycles. The van der Waals surface area contributed by atoms with Crippen molar-refractivity contribution in [2.45, 2.75) is 12.5 Å². The quantitative estimate of drug-likeness (QED) is 0.847. The number of aromatic nitrogens is 2. The van der Waals surface area contributed by atoms with Gasteiger partial charge in [0.25, 0.3) is 0 Å². The van der Waals surface area contributed by atoms with Crippen LogP contribution in [0.4, 0.5) is 0 Å². The zero-order chi connectivity index (χ0) is 11.8.